The minimum Gasteiger partial charge on any atom is -0.367 e. The molecule has 5 nitrogen and oxygen atoms in total. The zero-order chi connectivity index (χ0) is 19.9. The number of rotatable bonds is 2. The van der Waals surface area contributed by atoms with Crippen molar-refractivity contribution in [1.29, 1.82) is 0 Å². The Hall–Kier alpha value is -2.74. The van der Waals surface area contributed by atoms with Crippen LogP contribution in [0.25, 0.3) is 10.9 Å². The van der Waals surface area contributed by atoms with Crippen molar-refractivity contribution in [3.05, 3.63) is 58.7 Å². The molecule has 1 aromatic heterocycles. The zero-order valence-electron chi connectivity index (χ0n) is 14.6. The second-order valence-electron chi connectivity index (χ2n) is 6.58. The summed E-state index contributed by atoms with van der Waals surface area (Å²) in [5.74, 6) is -0.0924. The van der Waals surface area contributed by atoms with Crippen LogP contribution in [0.3, 0.4) is 0 Å². The van der Waals surface area contributed by atoms with Crippen LogP contribution >= 0.6 is 11.6 Å². The SMILES string of the molecule is O=C(c1cccc2[nH]ncc12)N1CCN(c2ccc(C(F)(F)F)cc2Cl)CC1. The Morgan fingerprint density at radius 2 is 1.86 bits per heavy atom. The number of carbonyl (C=O) groups excluding carboxylic acids is 1. The van der Waals surface area contributed by atoms with Gasteiger partial charge in [0.2, 0.25) is 0 Å². The molecule has 28 heavy (non-hydrogen) atoms. The number of anilines is 1. The third kappa shape index (κ3) is 3.40. The highest BCUT2D eigenvalue weighted by Crippen LogP contribution is 2.35. The molecule has 2 heterocycles. The molecule has 1 aliphatic heterocycles. The molecule has 0 bridgehead atoms. The van der Waals surface area contributed by atoms with Gasteiger partial charge in [0.1, 0.15) is 0 Å². The van der Waals surface area contributed by atoms with Gasteiger partial charge in [-0.2, -0.15) is 18.3 Å². The molecular formula is C19H16ClF3N4O. The molecule has 2 aromatic carbocycles. The topological polar surface area (TPSA) is 52.2 Å². The van der Waals surface area contributed by atoms with E-state index in [2.05, 4.69) is 10.2 Å². The number of halogens is 4. The highest BCUT2D eigenvalue weighted by atomic mass is 35.5. The minimum atomic E-state index is -4.43. The predicted octanol–water partition coefficient (Wildman–Crippen LogP) is 4.20. The summed E-state index contributed by atoms with van der Waals surface area (Å²) in [7, 11) is 0. The summed E-state index contributed by atoms with van der Waals surface area (Å²) in [5, 5.41) is 7.64. The number of aromatic amines is 1. The molecule has 3 aromatic rings. The second-order valence-corrected chi connectivity index (χ2v) is 6.99. The Labute approximate surface area is 163 Å². The molecule has 146 valence electrons. The average molecular weight is 409 g/mol. The maximum Gasteiger partial charge on any atom is 0.416 e. The Bertz CT molecular complexity index is 1030. The van der Waals surface area contributed by atoms with Gasteiger partial charge in [0, 0.05) is 31.6 Å². The van der Waals surface area contributed by atoms with Gasteiger partial charge in [-0.3, -0.25) is 9.89 Å². The molecular weight excluding hydrogens is 393 g/mol. The highest BCUT2D eigenvalue weighted by molar-refractivity contribution is 6.33. The van der Waals surface area contributed by atoms with Gasteiger partial charge in [-0.15, -0.1) is 0 Å². The van der Waals surface area contributed by atoms with Gasteiger partial charge < -0.3 is 9.80 Å². The molecule has 0 spiro atoms. The van der Waals surface area contributed by atoms with Crippen LogP contribution in [0.15, 0.2) is 42.6 Å². The van der Waals surface area contributed by atoms with Crippen molar-refractivity contribution in [3.63, 3.8) is 0 Å². The number of aromatic nitrogens is 2. The van der Waals surface area contributed by atoms with Gasteiger partial charge in [-0.05, 0) is 30.3 Å². The minimum absolute atomic E-state index is 0.0535. The fourth-order valence-corrected chi connectivity index (χ4v) is 3.72. The van der Waals surface area contributed by atoms with E-state index in [-0.39, 0.29) is 10.9 Å². The van der Waals surface area contributed by atoms with E-state index in [0.29, 0.717) is 37.4 Å². The van der Waals surface area contributed by atoms with E-state index in [1.54, 1.807) is 23.2 Å². The maximum absolute atomic E-state index is 12.9. The van der Waals surface area contributed by atoms with Gasteiger partial charge in [-0.1, -0.05) is 17.7 Å². The zero-order valence-corrected chi connectivity index (χ0v) is 15.4. The van der Waals surface area contributed by atoms with E-state index in [1.165, 1.54) is 6.07 Å². The molecule has 9 heteroatoms. The number of hydrogen-bond donors (Lipinski definition) is 1. The molecule has 0 atom stereocenters. The normalized spacial score (nSPS) is 15.3. The van der Waals surface area contributed by atoms with Crippen molar-refractivity contribution >= 4 is 34.1 Å². The Balaban J connectivity index is 1.48. The third-order valence-electron chi connectivity index (χ3n) is 4.90. The fraction of sp³-hybridized carbons (Fsp3) is 0.263. The molecule has 0 aliphatic carbocycles. The quantitative estimate of drug-likeness (QED) is 0.691. The molecule has 1 saturated heterocycles. The number of nitrogens with zero attached hydrogens (tertiary/aromatic N) is 3. The van der Waals surface area contributed by atoms with Crippen LogP contribution in [0.1, 0.15) is 15.9 Å². The van der Waals surface area contributed by atoms with Crippen LogP contribution in [0.5, 0.6) is 0 Å². The lowest BCUT2D eigenvalue weighted by Gasteiger charge is -2.36. The molecule has 0 saturated carbocycles. The third-order valence-corrected chi connectivity index (χ3v) is 5.20. The smallest absolute Gasteiger partial charge is 0.367 e. The summed E-state index contributed by atoms with van der Waals surface area (Å²) >= 11 is 6.08. The molecule has 0 unspecified atom stereocenters. The van der Waals surface area contributed by atoms with Gasteiger partial charge in [0.05, 0.1) is 33.6 Å². The molecule has 1 N–H and O–H groups in total. The number of piperazine rings is 1. The van der Waals surface area contributed by atoms with Gasteiger partial charge >= 0.3 is 6.18 Å². The number of hydrogen-bond acceptors (Lipinski definition) is 3. The van der Waals surface area contributed by atoms with E-state index >= 15 is 0 Å². The Kier molecular flexibility index (Phi) is 4.66. The van der Waals surface area contributed by atoms with Crippen LogP contribution in [0.4, 0.5) is 18.9 Å². The van der Waals surface area contributed by atoms with Crippen molar-refractivity contribution in [3.8, 4) is 0 Å². The molecule has 0 radical (unpaired) electrons. The number of alkyl halides is 3. The molecule has 1 aliphatic rings. The maximum atomic E-state index is 12.9. The van der Waals surface area contributed by atoms with Crippen molar-refractivity contribution in [2.45, 2.75) is 6.18 Å². The molecule has 1 amide bonds. The summed E-state index contributed by atoms with van der Waals surface area (Å²) in [6, 6.07) is 8.76. The van der Waals surface area contributed by atoms with Crippen LogP contribution in [0.2, 0.25) is 5.02 Å². The van der Waals surface area contributed by atoms with Crippen molar-refractivity contribution in [2.75, 3.05) is 31.1 Å². The van der Waals surface area contributed by atoms with Crippen molar-refractivity contribution in [1.82, 2.24) is 15.1 Å². The predicted molar refractivity (Wildman–Crippen MR) is 101 cm³/mol. The molecule has 4 rings (SSSR count). The summed E-state index contributed by atoms with van der Waals surface area (Å²) < 4.78 is 38.4. The van der Waals surface area contributed by atoms with E-state index in [4.69, 9.17) is 11.6 Å². The number of benzene rings is 2. The number of carbonyl (C=O) groups is 1. The van der Waals surface area contributed by atoms with Crippen molar-refractivity contribution < 1.29 is 18.0 Å². The van der Waals surface area contributed by atoms with E-state index in [0.717, 1.165) is 23.0 Å². The first kappa shape index (κ1) is 18.6. The van der Waals surface area contributed by atoms with Gasteiger partial charge in [0.15, 0.2) is 0 Å². The largest absolute Gasteiger partial charge is 0.416 e. The average Bonchev–Trinajstić information content (AvgIpc) is 3.16. The lowest BCUT2D eigenvalue weighted by atomic mass is 10.1. The van der Waals surface area contributed by atoms with E-state index in [9.17, 15) is 18.0 Å². The summed E-state index contributed by atoms with van der Waals surface area (Å²) in [6.45, 7) is 1.87. The summed E-state index contributed by atoms with van der Waals surface area (Å²) in [5.41, 5.74) is 1.13. The standard InChI is InChI=1S/C19H16ClF3N4O/c20-15-10-12(19(21,22)23)4-5-17(15)26-6-8-27(9-7-26)18(28)13-2-1-3-16-14(13)11-24-25-16/h1-5,10-11H,6-9H2,(H,24,25). The first-order valence-electron chi connectivity index (χ1n) is 8.67. The van der Waals surface area contributed by atoms with Crippen molar-refractivity contribution in [2.24, 2.45) is 0 Å². The van der Waals surface area contributed by atoms with E-state index in [1.807, 2.05) is 11.0 Å². The number of fused-ring (bicyclic) bond motifs is 1. The van der Waals surface area contributed by atoms with Crippen LogP contribution in [-0.2, 0) is 6.18 Å². The van der Waals surface area contributed by atoms with Crippen LogP contribution < -0.4 is 4.90 Å². The Morgan fingerprint density at radius 3 is 2.54 bits per heavy atom. The van der Waals surface area contributed by atoms with Gasteiger partial charge in [-0.25, -0.2) is 0 Å². The van der Waals surface area contributed by atoms with Gasteiger partial charge in [0.25, 0.3) is 5.91 Å². The fourth-order valence-electron chi connectivity index (χ4n) is 3.42. The number of amides is 1. The lowest BCUT2D eigenvalue weighted by Crippen LogP contribution is -2.49. The Morgan fingerprint density at radius 1 is 1.11 bits per heavy atom. The first-order chi connectivity index (χ1) is 13.3. The van der Waals surface area contributed by atoms with Crippen LogP contribution in [-0.4, -0.2) is 47.2 Å². The first-order valence-corrected chi connectivity index (χ1v) is 9.05. The lowest BCUT2D eigenvalue weighted by molar-refractivity contribution is -0.137. The second kappa shape index (κ2) is 7.01. The summed E-state index contributed by atoms with van der Waals surface area (Å²) in [6.07, 6.45) is -2.80. The number of nitrogens with one attached hydrogen (secondary N) is 1. The highest BCUT2D eigenvalue weighted by Gasteiger charge is 2.32. The van der Waals surface area contributed by atoms with Crippen LogP contribution in [0, 0.1) is 0 Å². The number of H-pyrrole nitrogens is 1. The summed E-state index contributed by atoms with van der Waals surface area (Å²) in [4.78, 5) is 16.5. The monoisotopic (exact) mass is 408 g/mol. The molecule has 1 fully saturated rings. The van der Waals surface area contributed by atoms with E-state index < -0.39 is 11.7 Å².